The molecule has 1 aromatic heterocycles. The molecule has 0 aliphatic carbocycles. The Hall–Kier alpha value is -3.52. The van der Waals surface area contributed by atoms with Crippen molar-refractivity contribution in [2.75, 3.05) is 11.4 Å². The van der Waals surface area contributed by atoms with Gasteiger partial charge in [-0.25, -0.2) is 4.98 Å². The first-order valence-corrected chi connectivity index (χ1v) is 11.9. The molecule has 0 atom stereocenters. The van der Waals surface area contributed by atoms with E-state index in [4.69, 9.17) is 4.74 Å². The number of aromatic nitrogens is 1. The van der Waals surface area contributed by atoms with Crippen LogP contribution in [0.25, 0.3) is 0 Å². The van der Waals surface area contributed by atoms with E-state index >= 15 is 0 Å². The van der Waals surface area contributed by atoms with Gasteiger partial charge >= 0.3 is 5.97 Å². The Bertz CT molecular complexity index is 1150. The number of esters is 1. The van der Waals surface area contributed by atoms with Crippen molar-refractivity contribution in [3.8, 4) is 0 Å². The molecule has 3 rings (SSSR count). The lowest BCUT2D eigenvalue weighted by atomic mass is 10.0. The normalized spacial score (nSPS) is 10.6. The summed E-state index contributed by atoms with van der Waals surface area (Å²) in [7, 11) is 0. The number of hydrogen-bond acceptors (Lipinski definition) is 6. The molecule has 0 unspecified atom stereocenters. The molecule has 0 saturated carbocycles. The van der Waals surface area contributed by atoms with Crippen LogP contribution in [0, 0.1) is 20.8 Å². The topological polar surface area (TPSA) is 88.6 Å². The summed E-state index contributed by atoms with van der Waals surface area (Å²) in [5.41, 5.74) is 5.41. The number of nitrogens with one attached hydrogen (secondary N) is 1. The minimum Gasteiger partial charge on any atom is -0.459 e. The quantitative estimate of drug-likeness (QED) is 0.455. The van der Waals surface area contributed by atoms with E-state index in [1.165, 1.54) is 18.3 Å². The lowest BCUT2D eigenvalue weighted by molar-refractivity contribution is -0.145. The molecule has 0 radical (unpaired) electrons. The summed E-state index contributed by atoms with van der Waals surface area (Å²) in [4.78, 5) is 42.6. The summed E-state index contributed by atoms with van der Waals surface area (Å²) in [6, 6.07) is 13.5. The van der Waals surface area contributed by atoms with Crippen LogP contribution in [0.3, 0.4) is 0 Å². The van der Waals surface area contributed by atoms with E-state index in [1.54, 1.807) is 10.3 Å². The molecule has 0 saturated heterocycles. The fraction of sp³-hybridized carbons (Fsp3) is 0.308. The van der Waals surface area contributed by atoms with Gasteiger partial charge in [-0.05, 0) is 37.5 Å². The molecule has 8 heteroatoms. The van der Waals surface area contributed by atoms with Crippen LogP contribution in [0.15, 0.2) is 47.8 Å². The smallest absolute Gasteiger partial charge is 0.307 e. The minimum absolute atomic E-state index is 0.00486. The number of aryl methyl sites for hydroxylation is 3. The van der Waals surface area contributed by atoms with Gasteiger partial charge in [0.25, 0.3) is 0 Å². The Labute approximate surface area is 203 Å². The Kier molecular flexibility index (Phi) is 8.54. The minimum atomic E-state index is -0.428. The highest BCUT2D eigenvalue weighted by Crippen LogP contribution is 2.34. The van der Waals surface area contributed by atoms with E-state index in [-0.39, 0.29) is 37.8 Å². The molecule has 2 aromatic carbocycles. The molecule has 2 amide bonds. The number of thiazole rings is 1. The Morgan fingerprint density at radius 1 is 1.06 bits per heavy atom. The number of nitrogens with zero attached hydrogens (tertiary/aromatic N) is 2. The Morgan fingerprint density at radius 3 is 2.38 bits per heavy atom. The molecular weight excluding hydrogens is 450 g/mol. The van der Waals surface area contributed by atoms with Gasteiger partial charge in [0.1, 0.15) is 6.61 Å². The molecule has 1 N–H and O–H groups in total. The van der Waals surface area contributed by atoms with E-state index in [0.717, 1.165) is 27.9 Å². The summed E-state index contributed by atoms with van der Waals surface area (Å²) < 4.78 is 5.30. The third-order valence-corrected chi connectivity index (χ3v) is 6.02. The van der Waals surface area contributed by atoms with Gasteiger partial charge in [0.05, 0.1) is 24.2 Å². The number of benzene rings is 2. The van der Waals surface area contributed by atoms with Gasteiger partial charge in [-0.3, -0.25) is 19.3 Å². The van der Waals surface area contributed by atoms with Crippen molar-refractivity contribution in [2.45, 2.75) is 47.1 Å². The molecule has 7 nitrogen and oxygen atoms in total. The first-order valence-electron chi connectivity index (χ1n) is 11.0. The Balaban J connectivity index is 1.52. The van der Waals surface area contributed by atoms with Crippen LogP contribution in [-0.4, -0.2) is 29.3 Å². The van der Waals surface area contributed by atoms with Gasteiger partial charge in [0.15, 0.2) is 5.13 Å². The number of ether oxygens (including phenoxy) is 1. The maximum absolute atomic E-state index is 12.5. The highest BCUT2D eigenvalue weighted by atomic mass is 32.1. The molecule has 0 aliphatic heterocycles. The number of carbonyl (C=O) groups excluding carboxylic acids is 3. The molecule has 178 valence electrons. The van der Waals surface area contributed by atoms with Crippen molar-refractivity contribution in [3.63, 3.8) is 0 Å². The van der Waals surface area contributed by atoms with Gasteiger partial charge < -0.3 is 10.1 Å². The maximum Gasteiger partial charge on any atom is 0.307 e. The predicted molar refractivity (Wildman–Crippen MR) is 133 cm³/mol. The SMILES string of the molecule is CC(=O)N(c1nc(COC(=O)CCNC(=O)Cc2ccccc2)cs1)c1c(C)cc(C)cc1C. The second-order valence-corrected chi connectivity index (χ2v) is 8.98. The number of carbonyl (C=O) groups is 3. The summed E-state index contributed by atoms with van der Waals surface area (Å²) >= 11 is 1.32. The first-order chi connectivity index (χ1) is 16.2. The summed E-state index contributed by atoms with van der Waals surface area (Å²) in [6.45, 7) is 7.68. The van der Waals surface area contributed by atoms with Gasteiger partial charge in [-0.15, -0.1) is 11.3 Å². The largest absolute Gasteiger partial charge is 0.459 e. The number of rotatable bonds is 9. The molecule has 3 aromatic rings. The zero-order valence-corrected chi connectivity index (χ0v) is 20.7. The van der Waals surface area contributed by atoms with Crippen molar-refractivity contribution in [1.29, 1.82) is 0 Å². The highest BCUT2D eigenvalue weighted by molar-refractivity contribution is 7.14. The monoisotopic (exact) mass is 479 g/mol. The standard InChI is InChI=1S/C26H29N3O4S/c1-17-12-18(2)25(19(3)13-17)29(20(4)30)26-28-22(16-34-26)15-33-24(32)10-11-27-23(31)14-21-8-6-5-7-9-21/h5-9,12-13,16H,10-11,14-15H2,1-4H3,(H,27,31). The molecular formula is C26H29N3O4S. The van der Waals surface area contributed by atoms with Crippen molar-refractivity contribution in [1.82, 2.24) is 10.3 Å². The second-order valence-electron chi connectivity index (χ2n) is 8.15. The van der Waals surface area contributed by atoms with Crippen molar-refractivity contribution < 1.29 is 19.1 Å². The fourth-order valence-corrected chi connectivity index (χ4v) is 4.61. The van der Waals surface area contributed by atoms with Crippen LogP contribution in [-0.2, 0) is 32.1 Å². The van der Waals surface area contributed by atoms with E-state index < -0.39 is 5.97 Å². The number of amides is 2. The van der Waals surface area contributed by atoms with Crippen LogP contribution in [0.5, 0.6) is 0 Å². The van der Waals surface area contributed by atoms with E-state index in [9.17, 15) is 14.4 Å². The zero-order chi connectivity index (χ0) is 24.7. The molecule has 34 heavy (non-hydrogen) atoms. The van der Waals surface area contributed by atoms with Crippen LogP contribution >= 0.6 is 11.3 Å². The lowest BCUT2D eigenvalue weighted by Gasteiger charge is -2.23. The molecule has 0 fully saturated rings. The van der Waals surface area contributed by atoms with Crippen LogP contribution in [0.4, 0.5) is 10.8 Å². The molecule has 0 spiro atoms. The van der Waals surface area contributed by atoms with Gasteiger partial charge in [0, 0.05) is 18.8 Å². The van der Waals surface area contributed by atoms with Crippen molar-refractivity contribution in [2.24, 2.45) is 0 Å². The van der Waals surface area contributed by atoms with Gasteiger partial charge in [-0.1, -0.05) is 48.0 Å². The molecule has 0 bridgehead atoms. The summed E-state index contributed by atoms with van der Waals surface area (Å²) in [5.74, 6) is -0.712. The number of anilines is 2. The van der Waals surface area contributed by atoms with Crippen LogP contribution in [0.2, 0.25) is 0 Å². The summed E-state index contributed by atoms with van der Waals surface area (Å²) in [5, 5.41) is 5.03. The Morgan fingerprint density at radius 2 is 1.74 bits per heavy atom. The van der Waals surface area contributed by atoms with Crippen molar-refractivity contribution >= 4 is 39.9 Å². The van der Waals surface area contributed by atoms with Crippen LogP contribution < -0.4 is 10.2 Å². The average Bonchev–Trinajstić information content (AvgIpc) is 3.23. The summed E-state index contributed by atoms with van der Waals surface area (Å²) in [6.07, 6.45) is 0.336. The fourth-order valence-electron chi connectivity index (χ4n) is 3.75. The zero-order valence-electron chi connectivity index (χ0n) is 19.9. The lowest BCUT2D eigenvalue weighted by Crippen LogP contribution is -2.27. The van der Waals surface area contributed by atoms with E-state index in [2.05, 4.69) is 10.3 Å². The number of hydrogen-bond donors (Lipinski definition) is 1. The average molecular weight is 480 g/mol. The first kappa shape index (κ1) is 25.1. The third kappa shape index (κ3) is 6.74. The molecule has 1 heterocycles. The van der Waals surface area contributed by atoms with Gasteiger partial charge in [0.2, 0.25) is 11.8 Å². The molecule has 0 aliphatic rings. The van der Waals surface area contributed by atoms with Crippen LogP contribution in [0.1, 0.15) is 41.3 Å². The van der Waals surface area contributed by atoms with Crippen molar-refractivity contribution in [3.05, 3.63) is 75.8 Å². The van der Waals surface area contributed by atoms with E-state index in [0.29, 0.717) is 10.8 Å². The predicted octanol–water partition coefficient (Wildman–Crippen LogP) is 4.55. The highest BCUT2D eigenvalue weighted by Gasteiger charge is 2.22. The maximum atomic E-state index is 12.5. The second kappa shape index (κ2) is 11.6. The van der Waals surface area contributed by atoms with Gasteiger partial charge in [-0.2, -0.15) is 0 Å². The third-order valence-electron chi connectivity index (χ3n) is 5.14. The van der Waals surface area contributed by atoms with E-state index in [1.807, 2.05) is 63.2 Å².